The number of halogens is 3. The van der Waals surface area contributed by atoms with Gasteiger partial charge in [-0.3, -0.25) is 0 Å². The molecule has 0 saturated heterocycles. The fraction of sp³-hybridized carbons (Fsp3) is 0.400. The summed E-state index contributed by atoms with van der Waals surface area (Å²) in [6, 6.07) is 4.82. The summed E-state index contributed by atoms with van der Waals surface area (Å²) in [5.74, 6) is 0.00951. The lowest BCUT2D eigenvalue weighted by molar-refractivity contribution is -0.125. The van der Waals surface area contributed by atoms with E-state index in [0.717, 1.165) is 5.56 Å². The number of benzene rings is 1. The van der Waals surface area contributed by atoms with Crippen molar-refractivity contribution in [3.63, 3.8) is 0 Å². The van der Waals surface area contributed by atoms with E-state index in [0.29, 0.717) is 5.56 Å². The minimum absolute atomic E-state index is 0.00697. The van der Waals surface area contributed by atoms with Gasteiger partial charge < -0.3 is 10.4 Å². The van der Waals surface area contributed by atoms with E-state index in [-0.39, 0.29) is 12.3 Å². The first-order valence-electron chi connectivity index (χ1n) is 4.44. The van der Waals surface area contributed by atoms with Gasteiger partial charge in [-0.05, 0) is 13.0 Å². The Kier molecular flexibility index (Phi) is 3.57. The monoisotopic (exact) mass is 219 g/mol. The van der Waals surface area contributed by atoms with Crippen molar-refractivity contribution in [1.29, 1.82) is 0 Å². The minimum Gasteiger partial charge on any atom is -0.508 e. The summed E-state index contributed by atoms with van der Waals surface area (Å²) in [4.78, 5) is 0. The molecule has 84 valence electrons. The van der Waals surface area contributed by atoms with Crippen LogP contribution in [0.5, 0.6) is 5.75 Å². The summed E-state index contributed by atoms with van der Waals surface area (Å²) in [6.45, 7) is 0.764. The highest BCUT2D eigenvalue weighted by atomic mass is 19.4. The number of rotatable bonds is 3. The Hall–Kier alpha value is -1.23. The van der Waals surface area contributed by atoms with Crippen LogP contribution in [0.3, 0.4) is 0 Å². The van der Waals surface area contributed by atoms with Crippen LogP contribution in [0.4, 0.5) is 13.2 Å². The first-order chi connectivity index (χ1) is 6.88. The van der Waals surface area contributed by atoms with Crippen molar-refractivity contribution in [3.8, 4) is 5.75 Å². The molecule has 1 rings (SSSR count). The summed E-state index contributed by atoms with van der Waals surface area (Å²) in [5, 5.41) is 11.6. The normalized spacial score (nSPS) is 11.7. The SMILES string of the molecule is Cc1ccc(O)c(CNCC(F)(F)F)c1. The van der Waals surface area contributed by atoms with E-state index in [1.807, 2.05) is 6.92 Å². The van der Waals surface area contributed by atoms with Gasteiger partial charge in [0.1, 0.15) is 5.75 Å². The van der Waals surface area contributed by atoms with Crippen molar-refractivity contribution in [3.05, 3.63) is 29.3 Å². The van der Waals surface area contributed by atoms with Crippen molar-refractivity contribution in [1.82, 2.24) is 5.32 Å². The van der Waals surface area contributed by atoms with E-state index in [4.69, 9.17) is 0 Å². The maximum Gasteiger partial charge on any atom is 0.401 e. The van der Waals surface area contributed by atoms with Gasteiger partial charge in [-0.2, -0.15) is 13.2 Å². The summed E-state index contributed by atoms with van der Waals surface area (Å²) < 4.78 is 35.4. The van der Waals surface area contributed by atoms with Crippen LogP contribution < -0.4 is 5.32 Å². The lowest BCUT2D eigenvalue weighted by atomic mass is 10.1. The Balaban J connectivity index is 2.54. The van der Waals surface area contributed by atoms with Gasteiger partial charge in [0.15, 0.2) is 0 Å². The van der Waals surface area contributed by atoms with Crippen LogP contribution in [0.2, 0.25) is 0 Å². The molecule has 0 aromatic heterocycles. The first kappa shape index (κ1) is 11.8. The third-order valence-electron chi connectivity index (χ3n) is 1.88. The minimum atomic E-state index is -4.22. The average Bonchev–Trinajstić information content (AvgIpc) is 2.09. The number of nitrogens with one attached hydrogen (secondary N) is 1. The van der Waals surface area contributed by atoms with E-state index in [1.165, 1.54) is 6.07 Å². The Morgan fingerprint density at radius 3 is 2.60 bits per heavy atom. The zero-order valence-electron chi connectivity index (χ0n) is 8.23. The maximum atomic E-state index is 11.8. The quantitative estimate of drug-likeness (QED) is 0.817. The topological polar surface area (TPSA) is 32.3 Å². The van der Waals surface area contributed by atoms with Crippen LogP contribution in [0.1, 0.15) is 11.1 Å². The molecule has 0 aliphatic carbocycles. The molecule has 0 radical (unpaired) electrons. The molecule has 0 aliphatic rings. The molecule has 0 heterocycles. The fourth-order valence-electron chi connectivity index (χ4n) is 1.19. The Morgan fingerprint density at radius 2 is 2.00 bits per heavy atom. The second-order valence-electron chi connectivity index (χ2n) is 3.35. The van der Waals surface area contributed by atoms with Crippen molar-refractivity contribution >= 4 is 0 Å². The molecule has 0 bridgehead atoms. The second kappa shape index (κ2) is 4.53. The highest BCUT2D eigenvalue weighted by Crippen LogP contribution is 2.18. The average molecular weight is 219 g/mol. The van der Waals surface area contributed by atoms with Crippen molar-refractivity contribution in [2.45, 2.75) is 19.6 Å². The van der Waals surface area contributed by atoms with Crippen LogP contribution >= 0.6 is 0 Å². The lowest BCUT2D eigenvalue weighted by Gasteiger charge is -2.09. The van der Waals surface area contributed by atoms with Gasteiger partial charge in [0.05, 0.1) is 6.54 Å². The molecule has 2 nitrogen and oxygen atoms in total. The predicted molar refractivity (Wildman–Crippen MR) is 50.6 cm³/mol. The Labute approximate surface area is 85.7 Å². The molecule has 15 heavy (non-hydrogen) atoms. The van der Waals surface area contributed by atoms with Crippen LogP contribution in [0.25, 0.3) is 0 Å². The largest absolute Gasteiger partial charge is 0.508 e. The van der Waals surface area contributed by atoms with Gasteiger partial charge in [-0.1, -0.05) is 17.7 Å². The van der Waals surface area contributed by atoms with E-state index in [2.05, 4.69) is 5.32 Å². The fourth-order valence-corrected chi connectivity index (χ4v) is 1.19. The molecule has 1 aromatic carbocycles. The van der Waals surface area contributed by atoms with E-state index < -0.39 is 12.7 Å². The second-order valence-corrected chi connectivity index (χ2v) is 3.35. The Bertz CT molecular complexity index is 336. The molecule has 0 spiro atoms. The Morgan fingerprint density at radius 1 is 1.33 bits per heavy atom. The molecule has 0 amide bonds. The molecular formula is C10H12F3NO. The van der Waals surface area contributed by atoms with Gasteiger partial charge in [0, 0.05) is 12.1 Å². The van der Waals surface area contributed by atoms with Crippen LogP contribution in [0, 0.1) is 6.92 Å². The van der Waals surface area contributed by atoms with Crippen LogP contribution in [-0.4, -0.2) is 17.8 Å². The van der Waals surface area contributed by atoms with Crippen molar-refractivity contribution in [2.24, 2.45) is 0 Å². The van der Waals surface area contributed by atoms with Gasteiger partial charge in [0.25, 0.3) is 0 Å². The highest BCUT2D eigenvalue weighted by Gasteiger charge is 2.26. The molecule has 0 aliphatic heterocycles. The van der Waals surface area contributed by atoms with E-state index in [1.54, 1.807) is 12.1 Å². The number of aryl methyl sites for hydroxylation is 1. The summed E-state index contributed by atoms with van der Waals surface area (Å²) >= 11 is 0. The molecule has 0 saturated carbocycles. The van der Waals surface area contributed by atoms with E-state index >= 15 is 0 Å². The number of alkyl halides is 3. The number of aromatic hydroxyl groups is 1. The maximum absolute atomic E-state index is 11.8. The number of hydrogen-bond donors (Lipinski definition) is 2. The summed E-state index contributed by atoms with van der Waals surface area (Å²) in [5.41, 5.74) is 1.37. The molecule has 2 N–H and O–H groups in total. The molecule has 1 aromatic rings. The molecule has 5 heteroatoms. The molecular weight excluding hydrogens is 207 g/mol. The number of hydrogen-bond acceptors (Lipinski definition) is 2. The van der Waals surface area contributed by atoms with Crippen molar-refractivity contribution < 1.29 is 18.3 Å². The summed E-state index contributed by atoms with van der Waals surface area (Å²) in [7, 11) is 0. The lowest BCUT2D eigenvalue weighted by Crippen LogP contribution is -2.28. The highest BCUT2D eigenvalue weighted by molar-refractivity contribution is 5.35. The molecule has 0 atom stereocenters. The zero-order valence-corrected chi connectivity index (χ0v) is 8.23. The first-order valence-corrected chi connectivity index (χ1v) is 4.44. The van der Waals surface area contributed by atoms with Crippen LogP contribution in [0.15, 0.2) is 18.2 Å². The number of phenolic OH excluding ortho intramolecular Hbond substituents is 1. The third kappa shape index (κ3) is 4.20. The summed E-state index contributed by atoms with van der Waals surface area (Å²) in [6.07, 6.45) is -4.22. The predicted octanol–water partition coefficient (Wildman–Crippen LogP) is 2.35. The zero-order chi connectivity index (χ0) is 11.5. The van der Waals surface area contributed by atoms with Gasteiger partial charge >= 0.3 is 6.18 Å². The van der Waals surface area contributed by atoms with Gasteiger partial charge in [-0.25, -0.2) is 0 Å². The van der Waals surface area contributed by atoms with Gasteiger partial charge in [-0.15, -0.1) is 0 Å². The number of phenols is 1. The van der Waals surface area contributed by atoms with Crippen molar-refractivity contribution in [2.75, 3.05) is 6.54 Å². The van der Waals surface area contributed by atoms with Gasteiger partial charge in [0.2, 0.25) is 0 Å². The third-order valence-corrected chi connectivity index (χ3v) is 1.88. The van der Waals surface area contributed by atoms with E-state index in [9.17, 15) is 18.3 Å². The molecule has 0 fully saturated rings. The standard InChI is InChI=1S/C10H12F3NO/c1-7-2-3-9(15)8(4-7)5-14-6-10(11,12)13/h2-4,14-15H,5-6H2,1H3. The smallest absolute Gasteiger partial charge is 0.401 e. The molecule has 0 unspecified atom stereocenters. The van der Waals surface area contributed by atoms with Crippen LogP contribution in [-0.2, 0) is 6.54 Å².